The van der Waals surface area contributed by atoms with Crippen molar-refractivity contribution in [1.82, 2.24) is 4.98 Å². The molecule has 0 radical (unpaired) electrons. The molecule has 0 saturated heterocycles. The van der Waals surface area contributed by atoms with Gasteiger partial charge in [0, 0.05) is 18.2 Å². The number of carbonyl (C=O) groups is 1. The molecule has 1 fully saturated rings. The molecule has 3 atom stereocenters. The van der Waals surface area contributed by atoms with Crippen LogP contribution in [0.15, 0.2) is 53.8 Å². The molecule has 7 heteroatoms. The van der Waals surface area contributed by atoms with Crippen molar-refractivity contribution in [3.05, 3.63) is 76.5 Å². The lowest BCUT2D eigenvalue weighted by Gasteiger charge is -2.15. The van der Waals surface area contributed by atoms with Crippen LogP contribution in [-0.4, -0.2) is 35.5 Å². The van der Waals surface area contributed by atoms with E-state index in [0.29, 0.717) is 19.1 Å². The molecule has 0 bridgehead atoms. The standard InChI is InChI=1S/C31H34N2O5/c1-18-11-24(37-10-6-7-20(3)33-36-4)12-19(2)28(18)22-9-5-8-21(13-22)17-38-27-15-23-14-25-29(26(23)16-32-27)30(25)31(34)35/h5,8-9,11-13,15-16,25,29-30H,6-7,10,14,17H2,1-4H3,(H,34,35)/t25-,29-,30+/m1/s1. The number of carboxylic acids is 1. The maximum atomic E-state index is 11.3. The van der Waals surface area contributed by atoms with E-state index < -0.39 is 5.97 Å². The van der Waals surface area contributed by atoms with E-state index in [4.69, 9.17) is 14.3 Å². The zero-order chi connectivity index (χ0) is 26.8. The van der Waals surface area contributed by atoms with Crippen LogP contribution >= 0.6 is 0 Å². The summed E-state index contributed by atoms with van der Waals surface area (Å²) in [4.78, 5) is 20.6. The van der Waals surface area contributed by atoms with E-state index in [9.17, 15) is 9.90 Å². The monoisotopic (exact) mass is 514 g/mol. The molecule has 5 rings (SSSR count). The number of aryl methyl sites for hydroxylation is 2. The SMILES string of the molecule is CON=C(C)CCCOc1cc(C)c(-c2cccc(COc3cc4c(cn3)[C@H]3[C@@H](C4)[C@@H]3C(=O)O)c2)c(C)c1. The van der Waals surface area contributed by atoms with Crippen molar-refractivity contribution in [2.45, 2.75) is 52.6 Å². The highest BCUT2D eigenvalue weighted by Crippen LogP contribution is 2.61. The maximum Gasteiger partial charge on any atom is 0.307 e. The van der Waals surface area contributed by atoms with Gasteiger partial charge in [0.1, 0.15) is 19.5 Å². The topological polar surface area (TPSA) is 90.2 Å². The number of aliphatic carboxylic acids is 1. The number of aromatic nitrogens is 1. The van der Waals surface area contributed by atoms with E-state index in [0.717, 1.165) is 58.5 Å². The molecule has 1 saturated carbocycles. The Labute approximate surface area is 223 Å². The molecule has 7 nitrogen and oxygen atoms in total. The number of carboxylic acid groups (broad SMARTS) is 1. The molecule has 0 aliphatic heterocycles. The molecule has 0 unspecified atom stereocenters. The lowest BCUT2D eigenvalue weighted by Crippen LogP contribution is -2.06. The number of nitrogens with zero attached hydrogens (tertiary/aromatic N) is 2. The average molecular weight is 515 g/mol. The highest BCUT2D eigenvalue weighted by molar-refractivity contribution is 5.81. The Morgan fingerprint density at radius 2 is 1.92 bits per heavy atom. The molecule has 0 amide bonds. The molecule has 1 heterocycles. The Kier molecular flexibility index (Phi) is 7.36. The third-order valence-corrected chi connectivity index (χ3v) is 7.58. The van der Waals surface area contributed by atoms with E-state index in [1.807, 2.05) is 13.0 Å². The van der Waals surface area contributed by atoms with Gasteiger partial charge >= 0.3 is 5.97 Å². The van der Waals surface area contributed by atoms with Gasteiger partial charge in [0.15, 0.2) is 0 Å². The second-order valence-electron chi connectivity index (χ2n) is 10.4. The predicted octanol–water partition coefficient (Wildman–Crippen LogP) is 6.10. The van der Waals surface area contributed by atoms with Gasteiger partial charge in [0.25, 0.3) is 0 Å². The van der Waals surface area contributed by atoms with E-state index in [2.05, 4.69) is 60.4 Å². The lowest BCUT2D eigenvalue weighted by molar-refractivity contribution is -0.139. The average Bonchev–Trinajstić information content (AvgIpc) is 3.48. The van der Waals surface area contributed by atoms with Gasteiger partial charge in [0.2, 0.25) is 5.88 Å². The van der Waals surface area contributed by atoms with E-state index >= 15 is 0 Å². The van der Waals surface area contributed by atoms with Crippen molar-refractivity contribution in [2.24, 2.45) is 17.0 Å². The zero-order valence-electron chi connectivity index (χ0n) is 22.4. The Morgan fingerprint density at radius 1 is 1.13 bits per heavy atom. The highest BCUT2D eigenvalue weighted by atomic mass is 16.6. The van der Waals surface area contributed by atoms with E-state index in [-0.39, 0.29) is 17.8 Å². The fourth-order valence-corrected chi connectivity index (χ4v) is 5.84. The fourth-order valence-electron chi connectivity index (χ4n) is 5.84. The maximum absolute atomic E-state index is 11.3. The van der Waals surface area contributed by atoms with Crippen LogP contribution in [0, 0.1) is 25.7 Å². The Bertz CT molecular complexity index is 1360. The summed E-state index contributed by atoms with van der Waals surface area (Å²) in [6.07, 6.45) is 4.32. The summed E-state index contributed by atoms with van der Waals surface area (Å²) in [5, 5.41) is 13.3. The minimum absolute atomic E-state index is 0.128. The van der Waals surface area contributed by atoms with Crippen molar-refractivity contribution in [3.8, 4) is 22.8 Å². The van der Waals surface area contributed by atoms with Crippen molar-refractivity contribution in [3.63, 3.8) is 0 Å². The minimum Gasteiger partial charge on any atom is -0.494 e. The van der Waals surface area contributed by atoms with Gasteiger partial charge in [-0.15, -0.1) is 0 Å². The van der Waals surface area contributed by atoms with E-state index in [1.165, 1.54) is 11.1 Å². The molecule has 1 N–H and O–H groups in total. The number of ether oxygens (including phenoxy) is 2. The molecular formula is C31H34N2O5. The van der Waals surface area contributed by atoms with E-state index in [1.54, 1.807) is 13.3 Å². The number of benzene rings is 2. The van der Waals surface area contributed by atoms with Crippen LogP contribution in [0.2, 0.25) is 0 Å². The number of fused-ring (bicyclic) bond motifs is 3. The Morgan fingerprint density at radius 3 is 2.66 bits per heavy atom. The summed E-state index contributed by atoms with van der Waals surface area (Å²) in [7, 11) is 1.56. The largest absolute Gasteiger partial charge is 0.494 e. The van der Waals surface area contributed by atoms with Gasteiger partial charge in [-0.3, -0.25) is 4.79 Å². The van der Waals surface area contributed by atoms with Crippen LogP contribution in [0.3, 0.4) is 0 Å². The molecule has 0 spiro atoms. The molecule has 38 heavy (non-hydrogen) atoms. The highest BCUT2D eigenvalue weighted by Gasteiger charge is 2.59. The first kappa shape index (κ1) is 25.8. The van der Waals surface area contributed by atoms with Crippen LogP contribution in [0.4, 0.5) is 0 Å². The number of hydrogen-bond acceptors (Lipinski definition) is 6. The minimum atomic E-state index is -0.697. The van der Waals surface area contributed by atoms with Crippen LogP contribution in [0.25, 0.3) is 11.1 Å². The number of hydrogen-bond donors (Lipinski definition) is 1. The zero-order valence-corrected chi connectivity index (χ0v) is 22.4. The molecule has 1 aromatic heterocycles. The van der Waals surface area contributed by atoms with Crippen LogP contribution < -0.4 is 9.47 Å². The molecular weight excluding hydrogens is 480 g/mol. The summed E-state index contributed by atoms with van der Waals surface area (Å²) in [5.74, 6) is 0.872. The molecule has 2 aromatic carbocycles. The third-order valence-electron chi connectivity index (χ3n) is 7.58. The molecule has 2 aliphatic carbocycles. The first-order chi connectivity index (χ1) is 18.4. The summed E-state index contributed by atoms with van der Waals surface area (Å²) in [5.41, 5.74) is 8.92. The van der Waals surface area contributed by atoms with Crippen LogP contribution in [0.1, 0.15) is 53.5 Å². The normalized spacial score (nSPS) is 19.5. The summed E-state index contributed by atoms with van der Waals surface area (Å²) >= 11 is 0. The Balaban J connectivity index is 1.21. The summed E-state index contributed by atoms with van der Waals surface area (Å²) < 4.78 is 12.0. The smallest absolute Gasteiger partial charge is 0.307 e. The first-order valence-corrected chi connectivity index (χ1v) is 13.1. The van der Waals surface area contributed by atoms with Crippen molar-refractivity contribution < 1.29 is 24.2 Å². The van der Waals surface area contributed by atoms with Crippen molar-refractivity contribution in [2.75, 3.05) is 13.7 Å². The Hall–Kier alpha value is -3.87. The molecule has 2 aliphatic rings. The number of rotatable bonds is 11. The number of oxime groups is 1. The first-order valence-electron chi connectivity index (χ1n) is 13.1. The van der Waals surface area contributed by atoms with Crippen LogP contribution in [-0.2, 0) is 22.7 Å². The van der Waals surface area contributed by atoms with Gasteiger partial charge in [-0.05, 0) is 103 Å². The third kappa shape index (κ3) is 5.37. The molecule has 198 valence electrons. The lowest BCUT2D eigenvalue weighted by atomic mass is 9.94. The summed E-state index contributed by atoms with van der Waals surface area (Å²) in [6.45, 7) is 7.21. The second kappa shape index (κ2) is 10.9. The van der Waals surface area contributed by atoms with Gasteiger partial charge in [-0.25, -0.2) is 4.98 Å². The van der Waals surface area contributed by atoms with Gasteiger partial charge in [-0.1, -0.05) is 23.4 Å². The molecule has 3 aromatic rings. The second-order valence-corrected chi connectivity index (χ2v) is 10.4. The van der Waals surface area contributed by atoms with Gasteiger partial charge < -0.3 is 19.4 Å². The van der Waals surface area contributed by atoms with Gasteiger partial charge in [-0.2, -0.15) is 0 Å². The van der Waals surface area contributed by atoms with Crippen molar-refractivity contribution >= 4 is 11.7 Å². The number of pyridine rings is 1. The van der Waals surface area contributed by atoms with Gasteiger partial charge in [0.05, 0.1) is 18.2 Å². The summed E-state index contributed by atoms with van der Waals surface area (Å²) in [6, 6.07) is 14.6. The quantitative estimate of drug-likeness (QED) is 0.189. The fraction of sp³-hybridized carbons (Fsp3) is 0.387. The van der Waals surface area contributed by atoms with Crippen molar-refractivity contribution in [1.29, 1.82) is 0 Å². The van der Waals surface area contributed by atoms with Crippen LogP contribution in [0.5, 0.6) is 11.6 Å². The predicted molar refractivity (Wildman–Crippen MR) is 146 cm³/mol.